The van der Waals surface area contributed by atoms with E-state index < -0.39 is 0 Å². The summed E-state index contributed by atoms with van der Waals surface area (Å²) in [5.74, 6) is 1.04. The molecule has 1 aliphatic rings. The van der Waals surface area contributed by atoms with E-state index in [1.165, 1.54) is 19.4 Å². The number of nitrogens with zero attached hydrogens (tertiary/aromatic N) is 2. The summed E-state index contributed by atoms with van der Waals surface area (Å²) in [5, 5.41) is 0. The van der Waals surface area contributed by atoms with Gasteiger partial charge in [0.1, 0.15) is 0 Å². The molecule has 0 N–H and O–H groups in total. The third kappa shape index (κ3) is 7.82. The molecule has 1 heterocycles. The zero-order valence-electron chi connectivity index (χ0n) is 14.4. The zero-order chi connectivity index (χ0) is 15.7. The monoisotopic (exact) mass is 298 g/mol. The fourth-order valence-electron chi connectivity index (χ4n) is 2.75. The SMILES string of the molecule is CCCC(=O)N(C)CC[C@@H]1CN(CCCC(C)C)CCO1. The Hall–Kier alpha value is -0.610. The van der Waals surface area contributed by atoms with E-state index in [2.05, 4.69) is 18.7 Å². The van der Waals surface area contributed by atoms with Gasteiger partial charge in [0.05, 0.1) is 12.7 Å². The summed E-state index contributed by atoms with van der Waals surface area (Å²) in [4.78, 5) is 16.1. The van der Waals surface area contributed by atoms with Gasteiger partial charge < -0.3 is 9.64 Å². The normalized spacial score (nSPS) is 20.0. The number of rotatable bonds is 9. The average molecular weight is 298 g/mol. The van der Waals surface area contributed by atoms with Gasteiger partial charge in [0.15, 0.2) is 0 Å². The van der Waals surface area contributed by atoms with Gasteiger partial charge in [-0.2, -0.15) is 0 Å². The lowest BCUT2D eigenvalue weighted by Gasteiger charge is -2.33. The van der Waals surface area contributed by atoms with Gasteiger partial charge >= 0.3 is 0 Å². The van der Waals surface area contributed by atoms with Crippen LogP contribution in [-0.4, -0.2) is 61.6 Å². The predicted molar refractivity (Wildman–Crippen MR) is 87.4 cm³/mol. The van der Waals surface area contributed by atoms with Crippen LogP contribution in [0.15, 0.2) is 0 Å². The third-order valence-corrected chi connectivity index (χ3v) is 4.15. The number of amides is 1. The van der Waals surface area contributed by atoms with Crippen molar-refractivity contribution in [1.82, 2.24) is 9.80 Å². The minimum Gasteiger partial charge on any atom is -0.375 e. The summed E-state index contributed by atoms with van der Waals surface area (Å²) >= 11 is 0. The fourth-order valence-corrected chi connectivity index (χ4v) is 2.75. The Labute approximate surface area is 130 Å². The van der Waals surface area contributed by atoms with Crippen molar-refractivity contribution < 1.29 is 9.53 Å². The molecular formula is C17H34N2O2. The molecule has 4 nitrogen and oxygen atoms in total. The van der Waals surface area contributed by atoms with E-state index in [-0.39, 0.29) is 12.0 Å². The van der Waals surface area contributed by atoms with E-state index in [9.17, 15) is 4.79 Å². The summed E-state index contributed by atoms with van der Waals surface area (Å²) in [6.45, 7) is 11.5. The quantitative estimate of drug-likeness (QED) is 0.656. The maximum Gasteiger partial charge on any atom is 0.222 e. The Morgan fingerprint density at radius 2 is 2.19 bits per heavy atom. The van der Waals surface area contributed by atoms with Crippen molar-refractivity contribution in [3.05, 3.63) is 0 Å². The summed E-state index contributed by atoms with van der Waals surface area (Å²) in [7, 11) is 1.90. The van der Waals surface area contributed by atoms with Crippen molar-refractivity contribution in [1.29, 1.82) is 0 Å². The highest BCUT2D eigenvalue weighted by atomic mass is 16.5. The van der Waals surface area contributed by atoms with Gasteiger partial charge in [-0.1, -0.05) is 20.8 Å². The second-order valence-corrected chi connectivity index (χ2v) is 6.68. The van der Waals surface area contributed by atoms with Gasteiger partial charge in [0, 0.05) is 33.1 Å². The first-order chi connectivity index (χ1) is 10.0. The Bertz CT molecular complexity index is 295. The molecule has 1 amide bonds. The number of hydrogen-bond acceptors (Lipinski definition) is 3. The van der Waals surface area contributed by atoms with E-state index in [0.717, 1.165) is 45.0 Å². The van der Waals surface area contributed by atoms with Crippen molar-refractivity contribution in [3.63, 3.8) is 0 Å². The predicted octanol–water partition coefficient (Wildman–Crippen LogP) is 2.77. The highest BCUT2D eigenvalue weighted by molar-refractivity contribution is 5.75. The summed E-state index contributed by atoms with van der Waals surface area (Å²) in [6.07, 6.45) is 5.40. The molecule has 0 saturated carbocycles. The fraction of sp³-hybridized carbons (Fsp3) is 0.941. The number of ether oxygens (including phenoxy) is 1. The van der Waals surface area contributed by atoms with Gasteiger partial charge in [-0.25, -0.2) is 0 Å². The van der Waals surface area contributed by atoms with E-state index in [1.54, 1.807) is 0 Å². The zero-order valence-corrected chi connectivity index (χ0v) is 14.4. The van der Waals surface area contributed by atoms with Crippen LogP contribution in [0.5, 0.6) is 0 Å². The number of hydrogen-bond donors (Lipinski definition) is 0. The van der Waals surface area contributed by atoms with Crippen LogP contribution in [0.25, 0.3) is 0 Å². The van der Waals surface area contributed by atoms with Crippen LogP contribution in [-0.2, 0) is 9.53 Å². The lowest BCUT2D eigenvalue weighted by molar-refractivity contribution is -0.130. The van der Waals surface area contributed by atoms with Crippen molar-refractivity contribution in [2.75, 3.05) is 39.8 Å². The highest BCUT2D eigenvalue weighted by Gasteiger charge is 2.21. The second kappa shape index (κ2) is 10.2. The maximum atomic E-state index is 11.8. The van der Waals surface area contributed by atoms with Crippen molar-refractivity contribution in [2.24, 2.45) is 5.92 Å². The van der Waals surface area contributed by atoms with E-state index in [1.807, 2.05) is 18.9 Å². The van der Waals surface area contributed by atoms with E-state index in [0.29, 0.717) is 6.42 Å². The Morgan fingerprint density at radius 1 is 1.43 bits per heavy atom. The molecule has 1 saturated heterocycles. The molecule has 0 radical (unpaired) electrons. The molecule has 1 fully saturated rings. The molecule has 0 aromatic heterocycles. The minimum atomic E-state index is 0.252. The maximum absolute atomic E-state index is 11.8. The molecule has 0 unspecified atom stereocenters. The minimum absolute atomic E-state index is 0.252. The van der Waals surface area contributed by atoms with Gasteiger partial charge in [-0.05, 0) is 38.1 Å². The molecule has 0 spiro atoms. The van der Waals surface area contributed by atoms with Gasteiger partial charge in [0.25, 0.3) is 0 Å². The van der Waals surface area contributed by atoms with Crippen molar-refractivity contribution in [2.45, 2.75) is 59.0 Å². The van der Waals surface area contributed by atoms with Gasteiger partial charge in [-0.15, -0.1) is 0 Å². The molecule has 0 aliphatic carbocycles. The van der Waals surface area contributed by atoms with Gasteiger partial charge in [0.2, 0.25) is 5.91 Å². The molecule has 1 rings (SSSR count). The van der Waals surface area contributed by atoms with Crippen molar-refractivity contribution in [3.8, 4) is 0 Å². The Kier molecular flexibility index (Phi) is 8.93. The second-order valence-electron chi connectivity index (χ2n) is 6.68. The largest absolute Gasteiger partial charge is 0.375 e. The first kappa shape index (κ1) is 18.4. The van der Waals surface area contributed by atoms with E-state index >= 15 is 0 Å². The van der Waals surface area contributed by atoms with Gasteiger partial charge in [-0.3, -0.25) is 9.69 Å². The standard InChI is InChI=1S/C17H34N2O2/c1-5-7-17(20)18(4)11-9-16-14-19(12-13-21-16)10-6-8-15(2)3/h15-16H,5-14H2,1-4H3/t16-/m1/s1. The smallest absolute Gasteiger partial charge is 0.222 e. The van der Waals surface area contributed by atoms with Crippen LogP contribution in [0.1, 0.15) is 52.9 Å². The lowest BCUT2D eigenvalue weighted by atomic mass is 10.1. The third-order valence-electron chi connectivity index (χ3n) is 4.15. The summed E-state index contributed by atoms with van der Waals surface area (Å²) in [5.41, 5.74) is 0. The number of morpholine rings is 1. The van der Waals surface area contributed by atoms with Crippen LogP contribution in [0.2, 0.25) is 0 Å². The molecule has 0 aromatic rings. The molecular weight excluding hydrogens is 264 g/mol. The molecule has 0 bridgehead atoms. The molecule has 21 heavy (non-hydrogen) atoms. The highest BCUT2D eigenvalue weighted by Crippen LogP contribution is 2.12. The van der Waals surface area contributed by atoms with Crippen LogP contribution in [0.3, 0.4) is 0 Å². The molecule has 4 heteroatoms. The number of carbonyl (C=O) groups is 1. The first-order valence-electron chi connectivity index (χ1n) is 8.60. The Morgan fingerprint density at radius 3 is 2.86 bits per heavy atom. The molecule has 124 valence electrons. The van der Waals surface area contributed by atoms with Crippen LogP contribution in [0.4, 0.5) is 0 Å². The first-order valence-corrected chi connectivity index (χ1v) is 8.60. The average Bonchev–Trinajstić information content (AvgIpc) is 2.45. The summed E-state index contributed by atoms with van der Waals surface area (Å²) < 4.78 is 5.85. The lowest BCUT2D eigenvalue weighted by Crippen LogP contribution is -2.44. The molecule has 1 atom stereocenters. The van der Waals surface area contributed by atoms with Crippen LogP contribution < -0.4 is 0 Å². The summed E-state index contributed by atoms with van der Waals surface area (Å²) in [6, 6.07) is 0. The van der Waals surface area contributed by atoms with Crippen LogP contribution in [0, 0.1) is 5.92 Å². The number of carbonyl (C=O) groups excluding carboxylic acids is 1. The molecule has 0 aromatic carbocycles. The Balaban J connectivity index is 2.21. The topological polar surface area (TPSA) is 32.8 Å². The van der Waals surface area contributed by atoms with E-state index in [4.69, 9.17) is 4.74 Å². The molecule has 1 aliphatic heterocycles. The van der Waals surface area contributed by atoms with Crippen molar-refractivity contribution >= 4 is 5.91 Å². The van der Waals surface area contributed by atoms with Crippen LogP contribution >= 0.6 is 0 Å².